The van der Waals surface area contributed by atoms with Gasteiger partial charge in [-0.15, -0.1) is 5.06 Å². The number of nitrogens with one attached hydrogen (secondary N) is 1. The molecule has 1 N–H and O–H groups in total. The van der Waals surface area contributed by atoms with E-state index < -0.39 is 6.09 Å². The van der Waals surface area contributed by atoms with Crippen LogP contribution in [0.5, 0.6) is 0 Å². The highest BCUT2D eigenvalue weighted by Crippen LogP contribution is 2.12. The Bertz CT molecular complexity index is 369. The molecule has 0 aromatic heterocycles. The maximum Gasteiger partial charge on any atom is 0.430 e. The molecule has 1 aliphatic rings. The lowest BCUT2D eigenvalue weighted by molar-refractivity contribution is 0.0112. The van der Waals surface area contributed by atoms with Crippen LogP contribution in [0, 0.1) is 0 Å². The van der Waals surface area contributed by atoms with Gasteiger partial charge in [-0.3, -0.25) is 5.32 Å². The molecule has 1 aromatic rings. The number of rotatable bonds is 3. The Morgan fingerprint density at radius 3 is 2.60 bits per heavy atom. The summed E-state index contributed by atoms with van der Waals surface area (Å²) in [6.45, 7) is 5.29. The number of amides is 1. The lowest BCUT2D eigenvalue weighted by Crippen LogP contribution is -2.16. The average Bonchev–Trinajstić information content (AvgIpc) is 3.03. The van der Waals surface area contributed by atoms with Gasteiger partial charge >= 0.3 is 6.09 Å². The molecule has 0 bridgehead atoms. The fourth-order valence-electron chi connectivity index (χ4n) is 1.09. The van der Waals surface area contributed by atoms with Crippen LogP contribution in [-0.2, 0) is 4.84 Å². The van der Waals surface area contributed by atoms with Crippen LogP contribution in [0.15, 0.2) is 30.8 Å². The average molecular weight is 204 g/mol. The summed E-state index contributed by atoms with van der Waals surface area (Å²) in [5.74, 6) is 0. The van der Waals surface area contributed by atoms with Gasteiger partial charge in [0.25, 0.3) is 0 Å². The number of benzene rings is 1. The van der Waals surface area contributed by atoms with Crippen molar-refractivity contribution in [2.24, 2.45) is 0 Å². The van der Waals surface area contributed by atoms with Crippen LogP contribution in [0.3, 0.4) is 0 Å². The first-order chi connectivity index (χ1) is 7.28. The fraction of sp³-hybridized carbons (Fsp3) is 0.182. The molecule has 78 valence electrons. The monoisotopic (exact) mass is 204 g/mol. The Morgan fingerprint density at radius 2 is 2.07 bits per heavy atom. The first kappa shape index (κ1) is 9.73. The predicted molar refractivity (Wildman–Crippen MR) is 58.2 cm³/mol. The van der Waals surface area contributed by atoms with E-state index >= 15 is 0 Å². The second-order valence-electron chi connectivity index (χ2n) is 3.26. The van der Waals surface area contributed by atoms with E-state index in [0.29, 0.717) is 5.69 Å². The van der Waals surface area contributed by atoms with Crippen molar-refractivity contribution >= 4 is 17.9 Å². The summed E-state index contributed by atoms with van der Waals surface area (Å²) in [6.07, 6.45) is 1.30. The number of hydrogen-bond donors (Lipinski definition) is 1. The standard InChI is InChI=1S/C11H12N2O2/c1-2-9-3-5-10(6-4-9)12-11(14)15-13-7-8-13/h2-6H,1,7-8H2,(H,12,14). The normalized spacial score (nSPS) is 14.4. The third-order valence-electron chi connectivity index (χ3n) is 2.01. The zero-order valence-corrected chi connectivity index (χ0v) is 8.27. The largest absolute Gasteiger partial charge is 0.430 e. The van der Waals surface area contributed by atoms with E-state index in [9.17, 15) is 4.79 Å². The van der Waals surface area contributed by atoms with Crippen molar-refractivity contribution in [2.75, 3.05) is 18.4 Å². The number of hydrogen-bond acceptors (Lipinski definition) is 3. The maximum absolute atomic E-state index is 11.2. The molecule has 1 fully saturated rings. The molecule has 1 aliphatic heterocycles. The molecular weight excluding hydrogens is 192 g/mol. The summed E-state index contributed by atoms with van der Waals surface area (Å²) in [5, 5.41) is 4.20. The van der Waals surface area contributed by atoms with Crippen molar-refractivity contribution in [3.8, 4) is 0 Å². The van der Waals surface area contributed by atoms with Crippen molar-refractivity contribution < 1.29 is 9.63 Å². The molecule has 0 saturated carbocycles. The highest BCUT2D eigenvalue weighted by Gasteiger charge is 2.22. The molecule has 4 heteroatoms. The van der Waals surface area contributed by atoms with Gasteiger partial charge in [-0.25, -0.2) is 4.79 Å². The van der Waals surface area contributed by atoms with Crippen molar-refractivity contribution in [2.45, 2.75) is 0 Å². The Balaban J connectivity index is 1.91. The highest BCUT2D eigenvalue weighted by molar-refractivity contribution is 5.84. The molecular formula is C11H12N2O2. The molecule has 0 aliphatic carbocycles. The van der Waals surface area contributed by atoms with E-state index in [-0.39, 0.29) is 0 Å². The smallest absolute Gasteiger partial charge is 0.351 e. The third kappa shape index (κ3) is 2.82. The molecule has 0 atom stereocenters. The Kier molecular flexibility index (Phi) is 2.69. The van der Waals surface area contributed by atoms with Gasteiger partial charge in [0.2, 0.25) is 0 Å². The SMILES string of the molecule is C=Cc1ccc(NC(=O)ON2CC2)cc1. The van der Waals surface area contributed by atoms with Crippen LogP contribution in [-0.4, -0.2) is 24.2 Å². The van der Waals surface area contributed by atoms with Crippen LogP contribution in [0.25, 0.3) is 6.08 Å². The second kappa shape index (κ2) is 4.14. The van der Waals surface area contributed by atoms with Crippen molar-refractivity contribution in [3.05, 3.63) is 36.4 Å². The molecule has 1 amide bonds. The summed E-state index contributed by atoms with van der Waals surface area (Å²) in [4.78, 5) is 16.1. The summed E-state index contributed by atoms with van der Waals surface area (Å²) < 4.78 is 0. The van der Waals surface area contributed by atoms with Crippen LogP contribution in [0.2, 0.25) is 0 Å². The summed E-state index contributed by atoms with van der Waals surface area (Å²) in [6, 6.07) is 7.36. The summed E-state index contributed by atoms with van der Waals surface area (Å²) in [7, 11) is 0. The summed E-state index contributed by atoms with van der Waals surface area (Å²) in [5.41, 5.74) is 1.73. The first-order valence-corrected chi connectivity index (χ1v) is 4.74. The summed E-state index contributed by atoms with van der Waals surface area (Å²) >= 11 is 0. The predicted octanol–water partition coefficient (Wildman–Crippen LogP) is 2.11. The minimum Gasteiger partial charge on any atom is -0.351 e. The molecule has 0 radical (unpaired) electrons. The lowest BCUT2D eigenvalue weighted by atomic mass is 10.2. The Hall–Kier alpha value is -1.81. The van der Waals surface area contributed by atoms with E-state index in [0.717, 1.165) is 18.7 Å². The van der Waals surface area contributed by atoms with Gasteiger partial charge in [0.05, 0.1) is 13.1 Å². The molecule has 2 rings (SSSR count). The molecule has 4 nitrogen and oxygen atoms in total. The minimum absolute atomic E-state index is 0.446. The zero-order valence-electron chi connectivity index (χ0n) is 8.27. The molecule has 15 heavy (non-hydrogen) atoms. The van der Waals surface area contributed by atoms with Gasteiger partial charge in [-0.05, 0) is 17.7 Å². The topological polar surface area (TPSA) is 41.3 Å². The number of carbonyl (C=O) groups is 1. The number of carbonyl (C=O) groups excluding carboxylic acids is 1. The van der Waals surface area contributed by atoms with E-state index in [1.165, 1.54) is 0 Å². The zero-order chi connectivity index (χ0) is 10.7. The van der Waals surface area contributed by atoms with Gasteiger partial charge in [0.15, 0.2) is 0 Å². The van der Waals surface area contributed by atoms with E-state index in [1.54, 1.807) is 23.3 Å². The first-order valence-electron chi connectivity index (χ1n) is 4.74. The van der Waals surface area contributed by atoms with Crippen LogP contribution >= 0.6 is 0 Å². The maximum atomic E-state index is 11.2. The van der Waals surface area contributed by atoms with Crippen LogP contribution in [0.4, 0.5) is 10.5 Å². The van der Waals surface area contributed by atoms with E-state index in [4.69, 9.17) is 4.84 Å². The number of anilines is 1. The number of nitrogens with zero attached hydrogens (tertiary/aromatic N) is 1. The molecule has 0 unspecified atom stereocenters. The molecule has 1 aromatic carbocycles. The minimum atomic E-state index is -0.446. The fourth-order valence-corrected chi connectivity index (χ4v) is 1.09. The van der Waals surface area contributed by atoms with Gasteiger partial charge in [0.1, 0.15) is 0 Å². The highest BCUT2D eigenvalue weighted by atomic mass is 16.7. The van der Waals surface area contributed by atoms with E-state index in [2.05, 4.69) is 11.9 Å². The Labute approximate surface area is 88.1 Å². The number of hydroxylamine groups is 2. The van der Waals surface area contributed by atoms with Gasteiger partial charge in [-0.2, -0.15) is 0 Å². The van der Waals surface area contributed by atoms with E-state index in [1.807, 2.05) is 12.1 Å². The van der Waals surface area contributed by atoms with Gasteiger partial charge in [0, 0.05) is 5.69 Å². The Morgan fingerprint density at radius 1 is 1.40 bits per heavy atom. The molecule has 1 saturated heterocycles. The van der Waals surface area contributed by atoms with Crippen molar-refractivity contribution in [3.63, 3.8) is 0 Å². The van der Waals surface area contributed by atoms with Gasteiger partial charge in [-0.1, -0.05) is 24.8 Å². The van der Waals surface area contributed by atoms with Crippen molar-refractivity contribution in [1.82, 2.24) is 5.06 Å². The van der Waals surface area contributed by atoms with Crippen LogP contribution < -0.4 is 5.32 Å². The third-order valence-corrected chi connectivity index (χ3v) is 2.01. The van der Waals surface area contributed by atoms with Gasteiger partial charge < -0.3 is 4.84 Å². The quantitative estimate of drug-likeness (QED) is 0.766. The lowest BCUT2D eigenvalue weighted by Gasteiger charge is -2.05. The molecule has 0 spiro atoms. The molecule has 1 heterocycles. The second-order valence-corrected chi connectivity index (χ2v) is 3.26. The van der Waals surface area contributed by atoms with Crippen LogP contribution in [0.1, 0.15) is 5.56 Å². The van der Waals surface area contributed by atoms with Crippen molar-refractivity contribution in [1.29, 1.82) is 0 Å².